The maximum atomic E-state index is 5.43. The fourth-order valence-electron chi connectivity index (χ4n) is 0.997. The van der Waals surface area contributed by atoms with Crippen molar-refractivity contribution in [3.8, 4) is 0 Å². The summed E-state index contributed by atoms with van der Waals surface area (Å²) >= 11 is 3.56. The molecule has 2 nitrogen and oxygen atoms in total. The molecule has 0 amide bonds. The third-order valence-corrected chi connectivity index (χ3v) is 2.41. The summed E-state index contributed by atoms with van der Waals surface area (Å²) in [6, 6.07) is 0. The Labute approximate surface area is 83.8 Å². The first-order chi connectivity index (χ1) is 5.76. The molecule has 0 aliphatic rings. The van der Waals surface area contributed by atoms with E-state index in [0.29, 0.717) is 18.0 Å². The Morgan fingerprint density at radius 2 is 1.58 bits per heavy atom. The summed E-state index contributed by atoms with van der Waals surface area (Å²) in [5, 5.41) is 0. The molecule has 0 N–H and O–H groups in total. The zero-order valence-corrected chi connectivity index (χ0v) is 9.76. The zero-order chi connectivity index (χ0) is 9.40. The molecule has 3 heteroatoms. The van der Waals surface area contributed by atoms with E-state index in [9.17, 15) is 0 Å². The molecule has 74 valence electrons. The number of halogens is 1. The Morgan fingerprint density at radius 1 is 1.08 bits per heavy atom. The van der Waals surface area contributed by atoms with Crippen LogP contribution >= 0.6 is 15.9 Å². The van der Waals surface area contributed by atoms with Crippen molar-refractivity contribution < 1.29 is 9.47 Å². The van der Waals surface area contributed by atoms with Gasteiger partial charge >= 0.3 is 0 Å². The first-order valence-electron chi connectivity index (χ1n) is 4.63. The molecule has 0 radical (unpaired) electrons. The van der Waals surface area contributed by atoms with E-state index in [1.807, 2.05) is 13.8 Å². The fourth-order valence-corrected chi connectivity index (χ4v) is 1.76. The maximum Gasteiger partial charge on any atom is 0.169 e. The number of rotatable bonds is 7. The van der Waals surface area contributed by atoms with Crippen molar-refractivity contribution in [3.05, 3.63) is 0 Å². The summed E-state index contributed by atoms with van der Waals surface area (Å²) in [5.41, 5.74) is 0. The average molecular weight is 239 g/mol. The van der Waals surface area contributed by atoms with Crippen LogP contribution in [0.1, 0.15) is 33.6 Å². The van der Waals surface area contributed by atoms with Crippen molar-refractivity contribution in [1.82, 2.24) is 0 Å². The van der Waals surface area contributed by atoms with Crippen LogP contribution < -0.4 is 0 Å². The van der Waals surface area contributed by atoms with Crippen molar-refractivity contribution in [2.24, 2.45) is 0 Å². The molecule has 0 spiro atoms. The monoisotopic (exact) mass is 238 g/mol. The molecule has 0 rings (SSSR count). The van der Waals surface area contributed by atoms with Gasteiger partial charge in [0.05, 0.1) is 4.83 Å². The highest BCUT2D eigenvalue weighted by Gasteiger charge is 2.17. The summed E-state index contributed by atoms with van der Waals surface area (Å²) in [4.78, 5) is 0.322. The molecule has 12 heavy (non-hydrogen) atoms. The van der Waals surface area contributed by atoms with Gasteiger partial charge in [0.25, 0.3) is 0 Å². The first kappa shape index (κ1) is 12.4. The second kappa shape index (κ2) is 8.02. The van der Waals surface area contributed by atoms with Gasteiger partial charge in [0.2, 0.25) is 0 Å². The normalized spacial score (nSPS) is 13.8. The third-order valence-electron chi connectivity index (χ3n) is 1.52. The standard InChI is InChI=1S/C9H19BrO2/c1-4-7-8(10)9(11-5-2)12-6-3/h8-9H,4-7H2,1-3H3. The van der Waals surface area contributed by atoms with Crippen molar-refractivity contribution in [2.75, 3.05) is 13.2 Å². The highest BCUT2D eigenvalue weighted by Crippen LogP contribution is 2.16. The minimum absolute atomic E-state index is 0.0834. The van der Waals surface area contributed by atoms with Gasteiger partial charge in [0.1, 0.15) is 0 Å². The second-order valence-corrected chi connectivity index (χ2v) is 3.76. The maximum absolute atomic E-state index is 5.43. The van der Waals surface area contributed by atoms with Crippen molar-refractivity contribution >= 4 is 15.9 Å². The molecule has 0 aromatic rings. The molecule has 0 saturated carbocycles. The lowest BCUT2D eigenvalue weighted by Gasteiger charge is -2.21. The molecular weight excluding hydrogens is 220 g/mol. The van der Waals surface area contributed by atoms with E-state index in [1.54, 1.807) is 0 Å². The second-order valence-electron chi connectivity index (χ2n) is 2.58. The predicted molar refractivity (Wildman–Crippen MR) is 54.7 cm³/mol. The van der Waals surface area contributed by atoms with Gasteiger partial charge in [0, 0.05) is 13.2 Å². The van der Waals surface area contributed by atoms with Gasteiger partial charge in [0.15, 0.2) is 6.29 Å². The van der Waals surface area contributed by atoms with E-state index < -0.39 is 0 Å². The van der Waals surface area contributed by atoms with Gasteiger partial charge in [-0.3, -0.25) is 0 Å². The molecule has 0 aliphatic heterocycles. The van der Waals surface area contributed by atoms with Gasteiger partial charge in [-0.1, -0.05) is 29.3 Å². The van der Waals surface area contributed by atoms with Gasteiger partial charge < -0.3 is 9.47 Å². The van der Waals surface area contributed by atoms with E-state index >= 15 is 0 Å². The largest absolute Gasteiger partial charge is 0.352 e. The summed E-state index contributed by atoms with van der Waals surface area (Å²) in [5.74, 6) is 0. The highest BCUT2D eigenvalue weighted by molar-refractivity contribution is 9.09. The van der Waals surface area contributed by atoms with Crippen LogP contribution in [0.3, 0.4) is 0 Å². The first-order valence-corrected chi connectivity index (χ1v) is 5.55. The smallest absolute Gasteiger partial charge is 0.169 e. The van der Waals surface area contributed by atoms with Crippen LogP contribution in [0.4, 0.5) is 0 Å². The third kappa shape index (κ3) is 5.12. The lowest BCUT2D eigenvalue weighted by atomic mass is 10.2. The molecule has 0 bridgehead atoms. The molecule has 1 unspecified atom stereocenters. The molecule has 0 heterocycles. The highest BCUT2D eigenvalue weighted by atomic mass is 79.9. The van der Waals surface area contributed by atoms with Crippen LogP contribution in [-0.2, 0) is 9.47 Å². The summed E-state index contributed by atoms with van der Waals surface area (Å²) in [6.07, 6.45) is 2.15. The van der Waals surface area contributed by atoms with Crippen molar-refractivity contribution in [2.45, 2.75) is 44.7 Å². The molecule has 0 fully saturated rings. The van der Waals surface area contributed by atoms with E-state index in [2.05, 4.69) is 22.9 Å². The molecule has 0 aromatic carbocycles. The lowest BCUT2D eigenvalue weighted by Crippen LogP contribution is -2.27. The fraction of sp³-hybridized carbons (Fsp3) is 1.00. The van der Waals surface area contributed by atoms with Gasteiger partial charge in [-0.2, -0.15) is 0 Å². The van der Waals surface area contributed by atoms with Gasteiger partial charge in [-0.15, -0.1) is 0 Å². The van der Waals surface area contributed by atoms with Crippen LogP contribution in [0, 0.1) is 0 Å². The molecule has 0 saturated heterocycles. The number of hydrogen-bond donors (Lipinski definition) is 0. The number of ether oxygens (including phenoxy) is 2. The van der Waals surface area contributed by atoms with E-state index in [-0.39, 0.29) is 6.29 Å². The van der Waals surface area contributed by atoms with E-state index in [0.717, 1.165) is 12.8 Å². The van der Waals surface area contributed by atoms with Crippen LogP contribution in [-0.4, -0.2) is 24.3 Å². The Morgan fingerprint density at radius 3 is 1.92 bits per heavy atom. The predicted octanol–water partition coefficient (Wildman–Crippen LogP) is 2.95. The molecule has 0 aromatic heterocycles. The Bertz CT molecular complexity index is 92.5. The Kier molecular flexibility index (Phi) is 8.29. The summed E-state index contributed by atoms with van der Waals surface area (Å²) < 4.78 is 10.9. The van der Waals surface area contributed by atoms with Gasteiger partial charge in [-0.05, 0) is 20.3 Å². The summed E-state index contributed by atoms with van der Waals surface area (Å²) in [7, 11) is 0. The molecule has 0 aliphatic carbocycles. The topological polar surface area (TPSA) is 18.5 Å². The van der Waals surface area contributed by atoms with Crippen molar-refractivity contribution in [3.63, 3.8) is 0 Å². The van der Waals surface area contributed by atoms with Gasteiger partial charge in [-0.25, -0.2) is 0 Å². The van der Waals surface area contributed by atoms with Crippen LogP contribution in [0.15, 0.2) is 0 Å². The summed E-state index contributed by atoms with van der Waals surface area (Å²) in [6.45, 7) is 7.53. The van der Waals surface area contributed by atoms with Crippen LogP contribution in [0.5, 0.6) is 0 Å². The van der Waals surface area contributed by atoms with Crippen LogP contribution in [0.2, 0.25) is 0 Å². The molecular formula is C9H19BrO2. The number of hydrogen-bond acceptors (Lipinski definition) is 2. The zero-order valence-electron chi connectivity index (χ0n) is 8.18. The SMILES string of the molecule is CCCC(Br)C(OCC)OCC. The van der Waals surface area contributed by atoms with Crippen molar-refractivity contribution in [1.29, 1.82) is 0 Å². The van der Waals surface area contributed by atoms with E-state index in [4.69, 9.17) is 9.47 Å². The average Bonchev–Trinajstić information content (AvgIpc) is 2.04. The molecule has 1 atom stereocenters. The lowest BCUT2D eigenvalue weighted by molar-refractivity contribution is -0.135. The minimum atomic E-state index is -0.0834. The van der Waals surface area contributed by atoms with Crippen LogP contribution in [0.25, 0.3) is 0 Å². The quantitative estimate of drug-likeness (QED) is 0.502. The number of alkyl halides is 1. The minimum Gasteiger partial charge on any atom is -0.352 e. The van der Waals surface area contributed by atoms with E-state index in [1.165, 1.54) is 0 Å². The Hall–Kier alpha value is 0.400. The Balaban J connectivity index is 3.72.